The number of pyridine rings is 1. The molecular formula is C14H20N2O3. The summed E-state index contributed by atoms with van der Waals surface area (Å²) in [5.74, 6) is -0.369. The summed E-state index contributed by atoms with van der Waals surface area (Å²) in [4.78, 5) is 15.5. The van der Waals surface area contributed by atoms with E-state index >= 15 is 0 Å². The SMILES string of the molecule is COC(=O)c1ccc(CNCC2(CCO)CC2)nc1. The molecule has 1 aliphatic carbocycles. The highest BCUT2D eigenvalue weighted by molar-refractivity contribution is 5.88. The van der Waals surface area contributed by atoms with Gasteiger partial charge in [0.25, 0.3) is 0 Å². The Morgan fingerprint density at radius 1 is 1.53 bits per heavy atom. The van der Waals surface area contributed by atoms with E-state index < -0.39 is 0 Å². The smallest absolute Gasteiger partial charge is 0.339 e. The van der Waals surface area contributed by atoms with Gasteiger partial charge in [-0.05, 0) is 36.8 Å². The molecule has 0 aliphatic heterocycles. The Morgan fingerprint density at radius 3 is 2.84 bits per heavy atom. The van der Waals surface area contributed by atoms with E-state index in [4.69, 9.17) is 5.11 Å². The molecule has 1 heterocycles. The molecule has 104 valence electrons. The Morgan fingerprint density at radius 2 is 2.32 bits per heavy atom. The van der Waals surface area contributed by atoms with E-state index in [9.17, 15) is 4.79 Å². The van der Waals surface area contributed by atoms with E-state index in [0.29, 0.717) is 17.5 Å². The number of rotatable bonds is 7. The van der Waals surface area contributed by atoms with Gasteiger partial charge in [-0.15, -0.1) is 0 Å². The van der Waals surface area contributed by atoms with Crippen LogP contribution in [-0.4, -0.2) is 36.3 Å². The Balaban J connectivity index is 1.79. The normalized spacial score (nSPS) is 16.1. The highest BCUT2D eigenvalue weighted by Gasteiger charge is 2.41. The van der Waals surface area contributed by atoms with Crippen LogP contribution in [0.2, 0.25) is 0 Å². The van der Waals surface area contributed by atoms with Gasteiger partial charge in [0.1, 0.15) is 0 Å². The third-order valence-electron chi connectivity index (χ3n) is 3.65. The third kappa shape index (κ3) is 3.75. The largest absolute Gasteiger partial charge is 0.465 e. The molecule has 0 amide bonds. The number of carbonyl (C=O) groups is 1. The van der Waals surface area contributed by atoms with Crippen molar-refractivity contribution in [3.8, 4) is 0 Å². The molecule has 0 radical (unpaired) electrons. The lowest BCUT2D eigenvalue weighted by molar-refractivity contribution is 0.0600. The van der Waals surface area contributed by atoms with Gasteiger partial charge in [-0.2, -0.15) is 0 Å². The molecule has 0 atom stereocenters. The van der Waals surface area contributed by atoms with Crippen molar-refractivity contribution in [1.82, 2.24) is 10.3 Å². The van der Waals surface area contributed by atoms with Gasteiger partial charge in [0.2, 0.25) is 0 Å². The van der Waals surface area contributed by atoms with Crippen LogP contribution in [0.1, 0.15) is 35.3 Å². The fourth-order valence-corrected chi connectivity index (χ4v) is 2.15. The molecule has 1 fully saturated rings. The molecule has 0 spiro atoms. The second-order valence-corrected chi connectivity index (χ2v) is 5.11. The summed E-state index contributed by atoms with van der Waals surface area (Å²) in [5, 5.41) is 12.3. The van der Waals surface area contributed by atoms with Crippen LogP contribution < -0.4 is 5.32 Å². The predicted molar refractivity (Wildman–Crippen MR) is 70.7 cm³/mol. The molecule has 5 heteroatoms. The van der Waals surface area contributed by atoms with E-state index in [-0.39, 0.29) is 12.6 Å². The van der Waals surface area contributed by atoms with Crippen molar-refractivity contribution in [3.63, 3.8) is 0 Å². The number of esters is 1. The summed E-state index contributed by atoms with van der Waals surface area (Å²) in [6, 6.07) is 3.54. The third-order valence-corrected chi connectivity index (χ3v) is 3.65. The minimum Gasteiger partial charge on any atom is -0.465 e. The van der Waals surface area contributed by atoms with Crippen molar-refractivity contribution in [1.29, 1.82) is 0 Å². The standard InChI is InChI=1S/C14H20N2O3/c1-19-13(18)11-2-3-12(16-8-11)9-15-10-14(4-5-14)6-7-17/h2-3,8,15,17H,4-7,9-10H2,1H3. The molecule has 1 aromatic rings. The lowest BCUT2D eigenvalue weighted by Gasteiger charge is -2.14. The molecule has 2 rings (SSSR count). The number of aliphatic hydroxyl groups excluding tert-OH is 1. The molecule has 5 nitrogen and oxygen atoms in total. The molecule has 1 aromatic heterocycles. The fourth-order valence-electron chi connectivity index (χ4n) is 2.15. The van der Waals surface area contributed by atoms with E-state index in [1.54, 1.807) is 6.07 Å². The minimum absolute atomic E-state index is 0.258. The van der Waals surface area contributed by atoms with Gasteiger partial charge in [0.05, 0.1) is 18.4 Å². The second-order valence-electron chi connectivity index (χ2n) is 5.11. The first-order valence-electron chi connectivity index (χ1n) is 6.54. The van der Waals surface area contributed by atoms with Gasteiger partial charge in [-0.1, -0.05) is 0 Å². The number of nitrogens with one attached hydrogen (secondary N) is 1. The Hall–Kier alpha value is -1.46. The first-order chi connectivity index (χ1) is 9.19. The Labute approximate surface area is 113 Å². The van der Waals surface area contributed by atoms with E-state index in [0.717, 1.165) is 18.7 Å². The molecule has 0 unspecified atom stereocenters. The van der Waals surface area contributed by atoms with Crippen LogP contribution >= 0.6 is 0 Å². The van der Waals surface area contributed by atoms with Crippen LogP contribution in [0, 0.1) is 5.41 Å². The summed E-state index contributed by atoms with van der Waals surface area (Å²) < 4.78 is 4.62. The van der Waals surface area contributed by atoms with Crippen LogP contribution in [0.3, 0.4) is 0 Å². The highest BCUT2D eigenvalue weighted by Crippen LogP contribution is 2.47. The molecular weight excluding hydrogens is 244 g/mol. The van der Waals surface area contributed by atoms with Crippen LogP contribution in [-0.2, 0) is 11.3 Å². The highest BCUT2D eigenvalue weighted by atomic mass is 16.5. The molecule has 0 saturated heterocycles. The van der Waals surface area contributed by atoms with Crippen molar-refractivity contribution in [2.24, 2.45) is 5.41 Å². The van der Waals surface area contributed by atoms with E-state index in [1.807, 2.05) is 6.07 Å². The lowest BCUT2D eigenvalue weighted by atomic mass is 10.0. The number of ether oxygens (including phenoxy) is 1. The Kier molecular flexibility index (Phi) is 4.50. The summed E-state index contributed by atoms with van der Waals surface area (Å²) in [5.41, 5.74) is 1.67. The van der Waals surface area contributed by atoms with Crippen molar-refractivity contribution in [3.05, 3.63) is 29.6 Å². The lowest BCUT2D eigenvalue weighted by Crippen LogP contribution is -2.24. The average Bonchev–Trinajstić information content (AvgIpc) is 3.19. The number of hydrogen-bond acceptors (Lipinski definition) is 5. The van der Waals surface area contributed by atoms with Gasteiger partial charge < -0.3 is 15.2 Å². The fraction of sp³-hybridized carbons (Fsp3) is 0.571. The van der Waals surface area contributed by atoms with Gasteiger partial charge in [-0.3, -0.25) is 4.98 Å². The first kappa shape index (κ1) is 14.0. The molecule has 0 aromatic carbocycles. The quantitative estimate of drug-likeness (QED) is 0.722. The maximum Gasteiger partial charge on any atom is 0.339 e. The van der Waals surface area contributed by atoms with Crippen LogP contribution in [0.25, 0.3) is 0 Å². The van der Waals surface area contributed by atoms with Crippen LogP contribution in [0.5, 0.6) is 0 Å². The minimum atomic E-state index is -0.369. The van der Waals surface area contributed by atoms with Crippen molar-refractivity contribution < 1.29 is 14.6 Å². The summed E-state index contributed by atoms with van der Waals surface area (Å²) in [6.07, 6.45) is 4.78. The topological polar surface area (TPSA) is 71.5 Å². The first-order valence-corrected chi connectivity index (χ1v) is 6.54. The summed E-state index contributed by atoms with van der Waals surface area (Å²) >= 11 is 0. The summed E-state index contributed by atoms with van der Waals surface area (Å²) in [6.45, 7) is 1.84. The van der Waals surface area contributed by atoms with Crippen LogP contribution in [0.4, 0.5) is 0 Å². The summed E-state index contributed by atoms with van der Waals surface area (Å²) in [7, 11) is 1.36. The zero-order valence-electron chi connectivity index (χ0n) is 11.2. The number of methoxy groups -OCH3 is 1. The Bertz CT molecular complexity index is 427. The van der Waals surface area contributed by atoms with Gasteiger partial charge in [0.15, 0.2) is 0 Å². The van der Waals surface area contributed by atoms with Gasteiger partial charge in [0, 0.05) is 25.9 Å². The van der Waals surface area contributed by atoms with Crippen molar-refractivity contribution >= 4 is 5.97 Å². The molecule has 1 saturated carbocycles. The van der Waals surface area contributed by atoms with E-state index in [2.05, 4.69) is 15.0 Å². The number of aromatic nitrogens is 1. The number of nitrogens with zero attached hydrogens (tertiary/aromatic N) is 1. The zero-order chi connectivity index (χ0) is 13.7. The molecule has 1 aliphatic rings. The van der Waals surface area contributed by atoms with E-state index in [1.165, 1.54) is 26.1 Å². The monoisotopic (exact) mass is 264 g/mol. The van der Waals surface area contributed by atoms with Gasteiger partial charge >= 0.3 is 5.97 Å². The number of hydrogen-bond donors (Lipinski definition) is 2. The number of carbonyl (C=O) groups excluding carboxylic acids is 1. The van der Waals surface area contributed by atoms with Crippen LogP contribution in [0.15, 0.2) is 18.3 Å². The molecule has 0 bridgehead atoms. The maximum absolute atomic E-state index is 11.2. The van der Waals surface area contributed by atoms with Crippen molar-refractivity contribution in [2.75, 3.05) is 20.3 Å². The molecule has 19 heavy (non-hydrogen) atoms. The maximum atomic E-state index is 11.2. The van der Waals surface area contributed by atoms with Crippen molar-refractivity contribution in [2.45, 2.75) is 25.8 Å². The molecule has 2 N–H and O–H groups in total. The predicted octanol–water partition coefficient (Wildman–Crippen LogP) is 1.12. The number of aliphatic hydroxyl groups is 1. The van der Waals surface area contributed by atoms with Gasteiger partial charge in [-0.25, -0.2) is 4.79 Å². The zero-order valence-corrected chi connectivity index (χ0v) is 11.2. The average molecular weight is 264 g/mol. The second kappa shape index (κ2) is 6.12.